The van der Waals surface area contributed by atoms with Gasteiger partial charge in [-0.15, -0.1) is 0 Å². The number of fused-ring (bicyclic) bond motifs is 1. The van der Waals surface area contributed by atoms with Crippen LogP contribution in [0.5, 0.6) is 0 Å². The van der Waals surface area contributed by atoms with E-state index in [0.29, 0.717) is 23.7 Å². The van der Waals surface area contributed by atoms with Gasteiger partial charge < -0.3 is 9.21 Å². The molecule has 4 nitrogen and oxygen atoms in total. The molecule has 18 heavy (non-hydrogen) atoms. The smallest absolute Gasteiger partial charge is 0.203 e. The lowest BCUT2D eigenvalue weighted by molar-refractivity contribution is -0.107. The van der Waals surface area contributed by atoms with Crippen molar-refractivity contribution in [2.75, 3.05) is 0 Å². The number of allylic oxidation sites excluding steroid dienone is 1. The number of hydrogen-bond acceptors (Lipinski definition) is 4. The van der Waals surface area contributed by atoms with Crippen molar-refractivity contribution in [2.24, 2.45) is 0 Å². The van der Waals surface area contributed by atoms with Crippen molar-refractivity contribution in [3.05, 3.63) is 51.9 Å². The summed E-state index contributed by atoms with van der Waals surface area (Å²) in [6.07, 6.45) is 6.16. The molecule has 0 atom stereocenters. The highest BCUT2D eigenvalue weighted by Crippen LogP contribution is 2.14. The second kappa shape index (κ2) is 5.23. The van der Waals surface area contributed by atoms with Gasteiger partial charge in [-0.3, -0.25) is 9.59 Å². The molecule has 0 unspecified atom stereocenters. The summed E-state index contributed by atoms with van der Waals surface area (Å²) < 4.78 is 5.18. The fourth-order valence-electron chi connectivity index (χ4n) is 1.61. The van der Waals surface area contributed by atoms with E-state index in [2.05, 4.69) is 0 Å². The van der Waals surface area contributed by atoms with Crippen LogP contribution in [0.4, 0.5) is 0 Å². The molecule has 0 saturated heterocycles. The van der Waals surface area contributed by atoms with E-state index in [1.807, 2.05) is 0 Å². The Labute approximate surface area is 103 Å². The van der Waals surface area contributed by atoms with Crippen LogP contribution in [-0.2, 0) is 4.79 Å². The molecule has 0 bridgehead atoms. The van der Waals surface area contributed by atoms with Crippen LogP contribution in [-0.4, -0.2) is 12.6 Å². The number of rotatable bonds is 4. The number of carbonyl (C=O) groups is 2. The molecule has 1 aromatic heterocycles. The van der Waals surface area contributed by atoms with Crippen molar-refractivity contribution < 1.29 is 14.0 Å². The second-order valence-electron chi connectivity index (χ2n) is 3.70. The van der Waals surface area contributed by atoms with Gasteiger partial charge >= 0.3 is 0 Å². The van der Waals surface area contributed by atoms with E-state index in [9.17, 15) is 14.4 Å². The van der Waals surface area contributed by atoms with Crippen LogP contribution in [0.1, 0.15) is 22.3 Å². The summed E-state index contributed by atoms with van der Waals surface area (Å²) in [5, 5.41) is 0.354. The monoisotopic (exact) mass is 242 g/mol. The Balaban J connectivity index is 2.55. The Morgan fingerprint density at radius 2 is 2.06 bits per heavy atom. The minimum absolute atomic E-state index is 0.00322. The summed E-state index contributed by atoms with van der Waals surface area (Å²) >= 11 is 0. The van der Waals surface area contributed by atoms with E-state index in [0.717, 1.165) is 18.1 Å². The predicted molar refractivity (Wildman–Crippen MR) is 67.6 cm³/mol. The molecule has 0 aliphatic carbocycles. The fraction of sp³-hybridized carbons (Fsp3) is 0.0714. The number of benzene rings is 1. The lowest BCUT2D eigenvalue weighted by Crippen LogP contribution is -2.07. The van der Waals surface area contributed by atoms with Crippen molar-refractivity contribution in [1.82, 2.24) is 0 Å². The zero-order valence-electron chi connectivity index (χ0n) is 9.46. The third-order valence-electron chi connectivity index (χ3n) is 2.49. The van der Waals surface area contributed by atoms with Crippen molar-refractivity contribution in [2.45, 2.75) is 6.42 Å². The molecule has 0 saturated carbocycles. The van der Waals surface area contributed by atoms with Crippen LogP contribution in [0.15, 0.2) is 39.7 Å². The van der Waals surface area contributed by atoms with Crippen LogP contribution in [0, 0.1) is 0 Å². The van der Waals surface area contributed by atoms with Crippen LogP contribution in [0.2, 0.25) is 0 Å². The highest BCUT2D eigenvalue weighted by atomic mass is 16.3. The Bertz CT molecular complexity index is 680. The Morgan fingerprint density at radius 3 is 2.78 bits per heavy atom. The van der Waals surface area contributed by atoms with Crippen LogP contribution < -0.4 is 5.43 Å². The molecule has 0 radical (unpaired) electrons. The van der Waals surface area contributed by atoms with Crippen molar-refractivity contribution in [3.63, 3.8) is 0 Å². The predicted octanol–water partition coefficient (Wildman–Crippen LogP) is 2.21. The molecule has 0 fully saturated rings. The number of aldehydes is 2. The average Bonchev–Trinajstić information content (AvgIpc) is 2.40. The summed E-state index contributed by atoms with van der Waals surface area (Å²) in [4.78, 5) is 32.7. The Kier molecular flexibility index (Phi) is 3.48. The molecule has 2 rings (SSSR count). The summed E-state index contributed by atoms with van der Waals surface area (Å²) in [6, 6.07) is 5.06. The first-order valence-corrected chi connectivity index (χ1v) is 5.37. The molecular formula is C14H10O4. The molecule has 1 aromatic carbocycles. The third-order valence-corrected chi connectivity index (χ3v) is 2.49. The Morgan fingerprint density at radius 1 is 1.22 bits per heavy atom. The van der Waals surface area contributed by atoms with E-state index >= 15 is 0 Å². The van der Waals surface area contributed by atoms with E-state index in [1.54, 1.807) is 30.4 Å². The second-order valence-corrected chi connectivity index (χ2v) is 3.70. The molecule has 0 spiro atoms. The summed E-state index contributed by atoms with van der Waals surface area (Å²) in [6.45, 7) is 0. The maximum Gasteiger partial charge on any atom is 0.203 e. The topological polar surface area (TPSA) is 64.3 Å². The first-order valence-electron chi connectivity index (χ1n) is 5.37. The van der Waals surface area contributed by atoms with Gasteiger partial charge in [0.05, 0.1) is 10.9 Å². The normalized spacial score (nSPS) is 10.9. The summed E-state index contributed by atoms with van der Waals surface area (Å²) in [7, 11) is 0. The molecule has 4 heteroatoms. The molecule has 0 aliphatic heterocycles. The highest BCUT2D eigenvalue weighted by molar-refractivity contribution is 5.85. The maximum atomic E-state index is 11.9. The molecule has 0 aliphatic rings. The van der Waals surface area contributed by atoms with Gasteiger partial charge in [-0.2, -0.15) is 0 Å². The lowest BCUT2D eigenvalue weighted by Gasteiger charge is -1.99. The Hall–Kier alpha value is -2.49. The van der Waals surface area contributed by atoms with Gasteiger partial charge in [0.2, 0.25) is 5.43 Å². The van der Waals surface area contributed by atoms with Gasteiger partial charge in [-0.1, -0.05) is 18.2 Å². The molecule has 0 amide bonds. The van der Waals surface area contributed by atoms with Crippen molar-refractivity contribution in [1.29, 1.82) is 0 Å². The number of hydrogen-bond donors (Lipinski definition) is 0. The van der Waals surface area contributed by atoms with E-state index < -0.39 is 0 Å². The van der Waals surface area contributed by atoms with Gasteiger partial charge in [0, 0.05) is 6.42 Å². The minimum Gasteiger partial charge on any atom is -0.463 e. The van der Waals surface area contributed by atoms with Crippen LogP contribution >= 0.6 is 0 Å². The molecule has 2 aromatic rings. The van der Waals surface area contributed by atoms with E-state index in [4.69, 9.17) is 4.42 Å². The maximum absolute atomic E-state index is 11.9. The van der Waals surface area contributed by atoms with Crippen molar-refractivity contribution >= 4 is 29.6 Å². The third kappa shape index (κ3) is 2.27. The van der Waals surface area contributed by atoms with Gasteiger partial charge in [-0.25, -0.2) is 0 Å². The van der Waals surface area contributed by atoms with Gasteiger partial charge in [-0.05, 0) is 17.7 Å². The van der Waals surface area contributed by atoms with Gasteiger partial charge in [0.25, 0.3) is 0 Å². The van der Waals surface area contributed by atoms with Crippen LogP contribution in [0.25, 0.3) is 17.0 Å². The van der Waals surface area contributed by atoms with Gasteiger partial charge in [0.15, 0.2) is 6.29 Å². The van der Waals surface area contributed by atoms with Crippen LogP contribution in [0.3, 0.4) is 0 Å². The number of carbonyl (C=O) groups excluding carboxylic acids is 2. The highest BCUT2D eigenvalue weighted by Gasteiger charge is 2.06. The average molecular weight is 242 g/mol. The zero-order chi connectivity index (χ0) is 13.0. The zero-order valence-corrected chi connectivity index (χ0v) is 9.46. The first kappa shape index (κ1) is 12.0. The van der Waals surface area contributed by atoms with E-state index in [-0.39, 0.29) is 11.0 Å². The standard InChI is InChI=1S/C14H10O4/c15-6-2-1-3-10-4-5-13-12(7-10)14(17)11(8-16)9-18-13/h1,3-9H,2H2. The molecule has 0 N–H and O–H groups in total. The largest absolute Gasteiger partial charge is 0.463 e. The molecule has 1 heterocycles. The summed E-state index contributed by atoms with van der Waals surface area (Å²) in [5.41, 5.74) is 0.853. The summed E-state index contributed by atoms with van der Waals surface area (Å²) in [5.74, 6) is 0. The van der Waals surface area contributed by atoms with E-state index in [1.165, 1.54) is 0 Å². The SMILES string of the molecule is O=CCC=Cc1ccc2occ(C=O)c(=O)c2c1. The fourth-order valence-corrected chi connectivity index (χ4v) is 1.61. The quantitative estimate of drug-likeness (QED) is 0.771. The minimum atomic E-state index is -0.350. The molecular weight excluding hydrogens is 232 g/mol. The van der Waals surface area contributed by atoms with Crippen molar-refractivity contribution in [3.8, 4) is 0 Å². The lowest BCUT2D eigenvalue weighted by atomic mass is 10.1. The molecule has 90 valence electrons. The first-order chi connectivity index (χ1) is 8.76. The van der Waals surface area contributed by atoms with Gasteiger partial charge in [0.1, 0.15) is 18.1 Å².